The van der Waals surface area contributed by atoms with Gasteiger partial charge in [-0.3, -0.25) is 4.79 Å². The number of carbonyl (C=O) groups excluding carboxylic acids is 1. The summed E-state index contributed by atoms with van der Waals surface area (Å²) in [5.74, 6) is 1.19. The number of benzene rings is 2. The minimum absolute atomic E-state index is 0.0412. The highest BCUT2D eigenvalue weighted by Gasteiger charge is 2.14. The topological polar surface area (TPSA) is 59.6 Å². The number of ether oxygens (including phenoxy) is 2. The zero-order valence-electron chi connectivity index (χ0n) is 15.2. The third-order valence-electron chi connectivity index (χ3n) is 4.01. The van der Waals surface area contributed by atoms with Crippen LogP contribution in [0.5, 0.6) is 11.5 Å². The van der Waals surface area contributed by atoms with Crippen molar-refractivity contribution in [3.8, 4) is 11.5 Å². The van der Waals surface area contributed by atoms with E-state index in [0.717, 1.165) is 0 Å². The number of amides is 1. The summed E-state index contributed by atoms with van der Waals surface area (Å²) in [6.45, 7) is 4.10. The van der Waals surface area contributed by atoms with Gasteiger partial charge in [-0.15, -0.1) is 0 Å². The van der Waals surface area contributed by atoms with E-state index in [2.05, 4.69) is 29.7 Å². The third-order valence-corrected chi connectivity index (χ3v) is 4.01. The van der Waals surface area contributed by atoms with Crippen molar-refractivity contribution in [1.29, 1.82) is 0 Å². The molecule has 2 unspecified atom stereocenters. The monoisotopic (exact) mass is 342 g/mol. The maximum Gasteiger partial charge on any atom is 0.226 e. The van der Waals surface area contributed by atoms with E-state index in [4.69, 9.17) is 9.47 Å². The fourth-order valence-corrected chi connectivity index (χ4v) is 2.70. The number of hydrogen-bond donors (Lipinski definition) is 2. The molecule has 0 aliphatic carbocycles. The van der Waals surface area contributed by atoms with Gasteiger partial charge in [0.25, 0.3) is 0 Å². The largest absolute Gasteiger partial charge is 0.497 e. The summed E-state index contributed by atoms with van der Waals surface area (Å²) in [6, 6.07) is 15.7. The number of carbonyl (C=O) groups is 1. The Labute approximate surface area is 149 Å². The minimum Gasteiger partial charge on any atom is -0.497 e. The normalized spacial score (nSPS) is 13.0. The van der Waals surface area contributed by atoms with Gasteiger partial charge in [-0.2, -0.15) is 0 Å². The second kappa shape index (κ2) is 9.08. The lowest BCUT2D eigenvalue weighted by molar-refractivity contribution is -0.116. The Morgan fingerprint density at radius 2 is 1.76 bits per heavy atom. The standard InChI is InChI=1S/C20H26N2O3/c1-14(21-15(2)16-8-6-5-7-9-16)12-20(23)22-18-11-10-17(24-3)13-19(18)25-4/h5-11,13-15,21H,12H2,1-4H3,(H,22,23). The summed E-state index contributed by atoms with van der Waals surface area (Å²) in [5, 5.41) is 6.34. The molecule has 25 heavy (non-hydrogen) atoms. The molecule has 0 fully saturated rings. The van der Waals surface area contributed by atoms with Crippen LogP contribution >= 0.6 is 0 Å². The molecule has 2 rings (SSSR count). The molecule has 0 saturated carbocycles. The number of nitrogens with one attached hydrogen (secondary N) is 2. The molecular formula is C20H26N2O3. The lowest BCUT2D eigenvalue weighted by Crippen LogP contribution is -2.32. The van der Waals surface area contributed by atoms with Gasteiger partial charge in [-0.05, 0) is 31.5 Å². The first-order chi connectivity index (χ1) is 12.0. The second-order valence-corrected chi connectivity index (χ2v) is 6.02. The van der Waals surface area contributed by atoms with Crippen LogP contribution in [0.25, 0.3) is 0 Å². The van der Waals surface area contributed by atoms with E-state index in [-0.39, 0.29) is 18.0 Å². The third kappa shape index (κ3) is 5.50. The van der Waals surface area contributed by atoms with Crippen molar-refractivity contribution in [2.24, 2.45) is 0 Å². The molecule has 2 atom stereocenters. The zero-order chi connectivity index (χ0) is 18.2. The van der Waals surface area contributed by atoms with Crippen LogP contribution in [-0.2, 0) is 4.79 Å². The lowest BCUT2D eigenvalue weighted by atomic mass is 10.1. The zero-order valence-corrected chi connectivity index (χ0v) is 15.2. The SMILES string of the molecule is COc1ccc(NC(=O)CC(C)NC(C)c2ccccc2)c(OC)c1. The number of anilines is 1. The van der Waals surface area contributed by atoms with Gasteiger partial charge >= 0.3 is 0 Å². The van der Waals surface area contributed by atoms with Crippen LogP contribution in [0, 0.1) is 0 Å². The van der Waals surface area contributed by atoms with E-state index < -0.39 is 0 Å². The first-order valence-corrected chi connectivity index (χ1v) is 8.36. The Hall–Kier alpha value is -2.53. The van der Waals surface area contributed by atoms with Crippen LogP contribution in [0.1, 0.15) is 31.9 Å². The number of hydrogen-bond acceptors (Lipinski definition) is 4. The van der Waals surface area contributed by atoms with Crippen molar-refractivity contribution in [1.82, 2.24) is 5.32 Å². The van der Waals surface area contributed by atoms with Crippen molar-refractivity contribution < 1.29 is 14.3 Å². The maximum atomic E-state index is 12.3. The first kappa shape index (κ1) is 18.8. The number of rotatable bonds is 8. The molecule has 0 aliphatic heterocycles. The van der Waals surface area contributed by atoms with Crippen LogP contribution in [0.2, 0.25) is 0 Å². The molecular weight excluding hydrogens is 316 g/mol. The Bertz CT molecular complexity index is 689. The van der Waals surface area contributed by atoms with E-state index in [1.54, 1.807) is 32.4 Å². The van der Waals surface area contributed by atoms with E-state index in [0.29, 0.717) is 23.6 Å². The molecule has 1 amide bonds. The summed E-state index contributed by atoms with van der Waals surface area (Å²) >= 11 is 0. The molecule has 0 bridgehead atoms. The Balaban J connectivity index is 1.91. The van der Waals surface area contributed by atoms with Gasteiger partial charge in [0, 0.05) is 24.6 Å². The van der Waals surface area contributed by atoms with Gasteiger partial charge in [0.1, 0.15) is 11.5 Å². The molecule has 134 valence electrons. The van der Waals surface area contributed by atoms with Crippen LogP contribution < -0.4 is 20.1 Å². The molecule has 0 saturated heterocycles. The summed E-state index contributed by atoms with van der Waals surface area (Å²) in [6.07, 6.45) is 0.367. The van der Waals surface area contributed by atoms with E-state index in [9.17, 15) is 4.79 Å². The average molecular weight is 342 g/mol. The van der Waals surface area contributed by atoms with Gasteiger partial charge in [0.05, 0.1) is 19.9 Å². The second-order valence-electron chi connectivity index (χ2n) is 6.02. The molecule has 0 radical (unpaired) electrons. The maximum absolute atomic E-state index is 12.3. The summed E-state index contributed by atoms with van der Waals surface area (Å²) in [4.78, 5) is 12.3. The van der Waals surface area contributed by atoms with Crippen LogP contribution in [0.4, 0.5) is 5.69 Å². The first-order valence-electron chi connectivity index (χ1n) is 8.36. The van der Waals surface area contributed by atoms with E-state index in [1.807, 2.05) is 25.1 Å². The highest BCUT2D eigenvalue weighted by Crippen LogP contribution is 2.29. The van der Waals surface area contributed by atoms with Gasteiger partial charge in [0.2, 0.25) is 5.91 Å². The van der Waals surface area contributed by atoms with Gasteiger partial charge < -0.3 is 20.1 Å². The van der Waals surface area contributed by atoms with E-state index >= 15 is 0 Å². The lowest BCUT2D eigenvalue weighted by Gasteiger charge is -2.20. The van der Waals surface area contributed by atoms with Gasteiger partial charge in [-0.1, -0.05) is 30.3 Å². The van der Waals surface area contributed by atoms with Gasteiger partial charge in [0.15, 0.2) is 0 Å². The molecule has 2 N–H and O–H groups in total. The van der Waals surface area contributed by atoms with Crippen LogP contribution in [0.3, 0.4) is 0 Å². The van der Waals surface area contributed by atoms with Crippen molar-refractivity contribution >= 4 is 11.6 Å². The summed E-state index contributed by atoms with van der Waals surface area (Å²) in [7, 11) is 3.16. The molecule has 5 heteroatoms. The highest BCUT2D eigenvalue weighted by molar-refractivity contribution is 5.92. The Morgan fingerprint density at radius 1 is 1.04 bits per heavy atom. The molecule has 2 aromatic rings. The smallest absolute Gasteiger partial charge is 0.226 e. The molecule has 2 aromatic carbocycles. The molecule has 0 heterocycles. The quantitative estimate of drug-likeness (QED) is 0.767. The van der Waals surface area contributed by atoms with Crippen molar-refractivity contribution in [2.75, 3.05) is 19.5 Å². The summed E-state index contributed by atoms with van der Waals surface area (Å²) in [5.41, 5.74) is 1.84. The Morgan fingerprint density at radius 3 is 2.40 bits per heavy atom. The van der Waals surface area contributed by atoms with Crippen molar-refractivity contribution in [2.45, 2.75) is 32.4 Å². The molecule has 0 aromatic heterocycles. The highest BCUT2D eigenvalue weighted by atomic mass is 16.5. The number of methoxy groups -OCH3 is 2. The van der Waals surface area contributed by atoms with Crippen molar-refractivity contribution in [3.63, 3.8) is 0 Å². The predicted octanol–water partition coefficient (Wildman–Crippen LogP) is 3.77. The average Bonchev–Trinajstić information content (AvgIpc) is 2.62. The molecule has 0 spiro atoms. The van der Waals surface area contributed by atoms with Crippen LogP contribution in [0.15, 0.2) is 48.5 Å². The Kier molecular flexibility index (Phi) is 6.83. The molecule has 0 aliphatic rings. The molecule has 5 nitrogen and oxygen atoms in total. The van der Waals surface area contributed by atoms with Gasteiger partial charge in [-0.25, -0.2) is 0 Å². The minimum atomic E-state index is -0.0660. The van der Waals surface area contributed by atoms with Crippen LogP contribution in [-0.4, -0.2) is 26.2 Å². The fourth-order valence-electron chi connectivity index (χ4n) is 2.70. The summed E-state index contributed by atoms with van der Waals surface area (Å²) < 4.78 is 10.5. The fraction of sp³-hybridized carbons (Fsp3) is 0.350. The van der Waals surface area contributed by atoms with E-state index in [1.165, 1.54) is 5.56 Å². The van der Waals surface area contributed by atoms with Crippen molar-refractivity contribution in [3.05, 3.63) is 54.1 Å². The predicted molar refractivity (Wildman–Crippen MR) is 100 cm³/mol.